The predicted molar refractivity (Wildman–Crippen MR) is 62.2 cm³/mol. The maximum Gasteiger partial charge on any atom is 0.216 e. The highest BCUT2D eigenvalue weighted by Crippen LogP contribution is 2.20. The highest BCUT2D eigenvalue weighted by atomic mass is 16.5. The maximum absolute atomic E-state index is 6.10. The predicted octanol–water partition coefficient (Wildman–Crippen LogP) is 1.82. The van der Waals surface area contributed by atoms with Gasteiger partial charge in [0, 0.05) is 18.3 Å². The number of hydrogen-bond donors (Lipinski definition) is 1. The monoisotopic (exact) mass is 221 g/mol. The molecule has 16 heavy (non-hydrogen) atoms. The summed E-state index contributed by atoms with van der Waals surface area (Å²) in [6.07, 6.45) is 7.58. The minimum atomic E-state index is 0.108. The topological polar surface area (TPSA) is 61.0 Å². The Morgan fingerprint density at radius 2 is 2.12 bits per heavy atom. The Morgan fingerprint density at radius 3 is 2.94 bits per heavy atom. The average molecular weight is 221 g/mol. The van der Waals surface area contributed by atoms with Crippen molar-refractivity contribution in [2.45, 2.75) is 51.2 Å². The van der Waals surface area contributed by atoms with Crippen molar-refractivity contribution >= 4 is 0 Å². The van der Waals surface area contributed by atoms with Gasteiger partial charge in [-0.3, -0.25) is 0 Å². The molecule has 0 radical (unpaired) electrons. The van der Waals surface area contributed by atoms with Crippen molar-refractivity contribution in [1.29, 1.82) is 0 Å². The van der Waals surface area contributed by atoms with Crippen LogP contribution in [0.25, 0.3) is 0 Å². The van der Waals surface area contributed by atoms with E-state index in [1.54, 1.807) is 12.3 Å². The molecule has 4 nitrogen and oxygen atoms in total. The molecule has 4 heteroatoms. The second kappa shape index (κ2) is 5.25. The number of ether oxygens (including phenoxy) is 1. The summed E-state index contributed by atoms with van der Waals surface area (Å²) in [4.78, 5) is 8.29. The summed E-state index contributed by atoms with van der Waals surface area (Å²) >= 11 is 0. The Kier molecular flexibility index (Phi) is 3.72. The van der Waals surface area contributed by atoms with Crippen LogP contribution in [0.2, 0.25) is 0 Å². The first-order chi connectivity index (χ1) is 7.75. The Labute approximate surface area is 96.2 Å². The Morgan fingerprint density at radius 1 is 1.31 bits per heavy atom. The van der Waals surface area contributed by atoms with Gasteiger partial charge in [0.05, 0.1) is 0 Å². The average Bonchev–Trinajstić information content (AvgIpc) is 2.45. The summed E-state index contributed by atoms with van der Waals surface area (Å²) < 4.78 is 5.85. The second-order valence-corrected chi connectivity index (χ2v) is 4.40. The molecule has 2 N–H and O–H groups in total. The molecule has 1 aliphatic carbocycles. The first-order valence-corrected chi connectivity index (χ1v) is 5.97. The van der Waals surface area contributed by atoms with E-state index in [1.807, 2.05) is 6.92 Å². The van der Waals surface area contributed by atoms with Crippen LogP contribution in [-0.2, 0) is 0 Å². The van der Waals surface area contributed by atoms with E-state index in [1.165, 1.54) is 19.3 Å². The fraction of sp³-hybridized carbons (Fsp3) is 0.667. The molecule has 2 atom stereocenters. The number of rotatable bonds is 2. The molecule has 1 aromatic rings. The van der Waals surface area contributed by atoms with Gasteiger partial charge in [-0.05, 0) is 26.2 Å². The minimum absolute atomic E-state index is 0.108. The Hall–Kier alpha value is -1.16. The van der Waals surface area contributed by atoms with Gasteiger partial charge >= 0.3 is 0 Å². The summed E-state index contributed by atoms with van der Waals surface area (Å²) in [5.41, 5.74) is 6.10. The third kappa shape index (κ3) is 2.92. The zero-order valence-corrected chi connectivity index (χ0v) is 9.72. The van der Waals surface area contributed by atoms with Crippen LogP contribution in [0, 0.1) is 6.92 Å². The summed E-state index contributed by atoms with van der Waals surface area (Å²) in [5.74, 6) is 1.38. The first kappa shape index (κ1) is 11.3. The molecule has 2 rings (SSSR count). The third-order valence-corrected chi connectivity index (χ3v) is 3.03. The Balaban J connectivity index is 2.02. The molecule has 88 valence electrons. The number of aryl methyl sites for hydroxylation is 1. The first-order valence-electron chi connectivity index (χ1n) is 5.97. The lowest BCUT2D eigenvalue weighted by Crippen LogP contribution is -2.38. The molecule has 1 heterocycles. The maximum atomic E-state index is 6.10. The van der Waals surface area contributed by atoms with E-state index in [0.717, 1.165) is 18.7 Å². The zero-order chi connectivity index (χ0) is 11.4. The molecular weight excluding hydrogens is 202 g/mol. The molecule has 1 fully saturated rings. The van der Waals surface area contributed by atoms with E-state index in [0.29, 0.717) is 5.88 Å². The van der Waals surface area contributed by atoms with E-state index in [-0.39, 0.29) is 12.1 Å². The van der Waals surface area contributed by atoms with Gasteiger partial charge in [0.15, 0.2) is 0 Å². The van der Waals surface area contributed by atoms with Crippen molar-refractivity contribution in [3.05, 3.63) is 18.1 Å². The van der Waals surface area contributed by atoms with Gasteiger partial charge in [-0.1, -0.05) is 12.8 Å². The number of nitrogens with two attached hydrogens (primary N) is 1. The van der Waals surface area contributed by atoms with E-state index in [4.69, 9.17) is 10.5 Å². The highest BCUT2D eigenvalue weighted by Gasteiger charge is 2.22. The fourth-order valence-corrected chi connectivity index (χ4v) is 2.10. The third-order valence-electron chi connectivity index (χ3n) is 3.03. The SMILES string of the molecule is Cc1nccc(OC2CCCCCC2N)n1. The quantitative estimate of drug-likeness (QED) is 0.774. The summed E-state index contributed by atoms with van der Waals surface area (Å²) in [7, 11) is 0. The molecule has 0 saturated heterocycles. The van der Waals surface area contributed by atoms with Crippen molar-refractivity contribution in [2.24, 2.45) is 5.73 Å². The van der Waals surface area contributed by atoms with Gasteiger partial charge < -0.3 is 10.5 Å². The van der Waals surface area contributed by atoms with Crippen molar-refractivity contribution < 1.29 is 4.74 Å². The van der Waals surface area contributed by atoms with Crippen LogP contribution in [-0.4, -0.2) is 22.1 Å². The van der Waals surface area contributed by atoms with Gasteiger partial charge in [-0.15, -0.1) is 0 Å². The number of hydrogen-bond acceptors (Lipinski definition) is 4. The van der Waals surface area contributed by atoms with Gasteiger partial charge in [-0.2, -0.15) is 4.98 Å². The lowest BCUT2D eigenvalue weighted by atomic mass is 10.1. The summed E-state index contributed by atoms with van der Waals surface area (Å²) in [5, 5.41) is 0. The minimum Gasteiger partial charge on any atom is -0.473 e. The molecule has 0 bridgehead atoms. The summed E-state index contributed by atoms with van der Waals surface area (Å²) in [6.45, 7) is 1.86. The Bertz CT molecular complexity index is 343. The number of aromatic nitrogens is 2. The van der Waals surface area contributed by atoms with Crippen molar-refractivity contribution in [2.75, 3.05) is 0 Å². The van der Waals surface area contributed by atoms with Crippen LogP contribution in [0.3, 0.4) is 0 Å². The largest absolute Gasteiger partial charge is 0.473 e. The fourth-order valence-electron chi connectivity index (χ4n) is 2.10. The van der Waals surface area contributed by atoms with Crippen LogP contribution in [0.4, 0.5) is 0 Å². The van der Waals surface area contributed by atoms with Gasteiger partial charge in [0.25, 0.3) is 0 Å². The van der Waals surface area contributed by atoms with Crippen LogP contribution in [0.15, 0.2) is 12.3 Å². The van der Waals surface area contributed by atoms with E-state index in [2.05, 4.69) is 9.97 Å². The molecule has 1 aliphatic rings. The standard InChI is InChI=1S/C12H19N3O/c1-9-14-8-7-12(15-9)16-11-6-4-2-3-5-10(11)13/h7-8,10-11H,2-6,13H2,1H3. The zero-order valence-electron chi connectivity index (χ0n) is 9.72. The van der Waals surface area contributed by atoms with Crippen LogP contribution < -0.4 is 10.5 Å². The highest BCUT2D eigenvalue weighted by molar-refractivity contribution is 5.08. The van der Waals surface area contributed by atoms with Crippen LogP contribution in [0.1, 0.15) is 37.9 Å². The molecule has 1 aromatic heterocycles. The van der Waals surface area contributed by atoms with Crippen molar-refractivity contribution in [3.8, 4) is 5.88 Å². The van der Waals surface area contributed by atoms with Gasteiger partial charge in [0.1, 0.15) is 11.9 Å². The number of nitrogens with zero attached hydrogens (tertiary/aromatic N) is 2. The summed E-state index contributed by atoms with van der Waals surface area (Å²) in [6, 6.07) is 1.93. The van der Waals surface area contributed by atoms with Gasteiger partial charge in [0.2, 0.25) is 5.88 Å². The van der Waals surface area contributed by atoms with E-state index >= 15 is 0 Å². The molecule has 1 saturated carbocycles. The normalized spacial score (nSPS) is 26.1. The molecule has 0 amide bonds. The van der Waals surface area contributed by atoms with Crippen LogP contribution >= 0.6 is 0 Å². The lowest BCUT2D eigenvalue weighted by molar-refractivity contribution is 0.155. The van der Waals surface area contributed by atoms with Gasteiger partial charge in [-0.25, -0.2) is 4.98 Å². The lowest BCUT2D eigenvalue weighted by Gasteiger charge is -2.22. The van der Waals surface area contributed by atoms with Crippen LogP contribution in [0.5, 0.6) is 5.88 Å². The molecule has 0 aliphatic heterocycles. The molecule has 2 unspecified atom stereocenters. The van der Waals surface area contributed by atoms with E-state index < -0.39 is 0 Å². The second-order valence-electron chi connectivity index (χ2n) is 4.40. The molecule has 0 aromatic carbocycles. The smallest absolute Gasteiger partial charge is 0.216 e. The molecule has 0 spiro atoms. The van der Waals surface area contributed by atoms with Crippen molar-refractivity contribution in [1.82, 2.24) is 9.97 Å². The van der Waals surface area contributed by atoms with E-state index in [9.17, 15) is 0 Å². The van der Waals surface area contributed by atoms with Crippen molar-refractivity contribution in [3.63, 3.8) is 0 Å². The molecular formula is C12H19N3O.